The molecule has 3 N–H and O–H groups in total. The normalized spacial score (nSPS) is 11.5. The number of carbonyl (C=O) groups excluding carboxylic acids is 1. The lowest BCUT2D eigenvalue weighted by molar-refractivity contribution is -0.384. The topological polar surface area (TPSA) is 117 Å². The van der Waals surface area contributed by atoms with E-state index in [1.165, 1.54) is 71.9 Å². The Bertz CT molecular complexity index is 3630. The number of benzene rings is 8. The van der Waals surface area contributed by atoms with E-state index in [-0.39, 0.29) is 16.7 Å². The van der Waals surface area contributed by atoms with E-state index in [0.717, 1.165) is 69.2 Å². The molecule has 9 nitrogen and oxygen atoms in total. The van der Waals surface area contributed by atoms with Gasteiger partial charge in [-0.2, -0.15) is 0 Å². The van der Waals surface area contributed by atoms with Crippen molar-refractivity contribution in [3.8, 4) is 22.3 Å². The number of nitrogens with two attached hydrogens (primary N) is 1. The van der Waals surface area contributed by atoms with Gasteiger partial charge in [0.05, 0.1) is 32.6 Å². The van der Waals surface area contributed by atoms with Gasteiger partial charge in [-0.3, -0.25) is 10.1 Å². The average Bonchev–Trinajstić information content (AvgIpc) is 4.16. The Balaban J connectivity index is 0.000000139. The number of hydrogen-bond donors (Lipinski definition) is 2. The second-order valence-electron chi connectivity index (χ2n) is 19.1. The Morgan fingerprint density at radius 2 is 0.896 bits per heavy atom. The fraction of sp³-hybridized carbons (Fsp3) is 0.183. The molecule has 1 amide bonds. The third-order valence-electron chi connectivity index (χ3n) is 12.5. The summed E-state index contributed by atoms with van der Waals surface area (Å²) < 4.78 is 18.2. The van der Waals surface area contributed by atoms with E-state index in [2.05, 4.69) is 251 Å². The van der Waals surface area contributed by atoms with Gasteiger partial charge in [0.15, 0.2) is 0 Å². The molecule has 396 valence electrons. The smallest absolute Gasteiger partial charge is 0.407 e. The zero-order valence-corrected chi connectivity index (χ0v) is 54.6. The number of aryl methyl sites for hydroxylation is 2. The maximum atomic E-state index is 11.8. The number of hydrogen-bond acceptors (Lipinski definition) is 5. The van der Waals surface area contributed by atoms with Gasteiger partial charge in [-0.25, -0.2) is 4.79 Å². The molecule has 10 aromatic rings. The lowest BCUT2D eigenvalue weighted by Crippen LogP contribution is -2.33. The molecule has 11 rings (SSSR count). The number of carbonyl (C=O) groups is 1. The number of halogens is 8. The molecule has 0 saturated carbocycles. The predicted octanol–water partition coefficient (Wildman–Crippen LogP) is 20.5. The van der Waals surface area contributed by atoms with Crippen LogP contribution in [0.25, 0.3) is 65.9 Å². The lowest BCUT2D eigenvalue weighted by atomic mass is 10.0. The van der Waals surface area contributed by atoms with Gasteiger partial charge >= 0.3 is 6.09 Å². The molecular weight excluding hydrogens is 1490 g/mol. The molecule has 0 spiro atoms. The molecule has 8 aromatic carbocycles. The van der Waals surface area contributed by atoms with Crippen LogP contribution in [-0.4, -0.2) is 38.8 Å². The molecule has 17 heteroatoms. The number of fused-ring (bicyclic) bond motifs is 9. The van der Waals surface area contributed by atoms with Crippen LogP contribution in [-0.2, 0) is 24.2 Å². The first-order chi connectivity index (χ1) is 36.8. The van der Waals surface area contributed by atoms with Crippen LogP contribution in [0.2, 0.25) is 0 Å². The maximum Gasteiger partial charge on any atom is 0.407 e. The lowest BCUT2D eigenvalue weighted by Gasteiger charge is -2.19. The van der Waals surface area contributed by atoms with E-state index >= 15 is 0 Å². The molecule has 0 saturated heterocycles. The first-order valence-electron chi connectivity index (χ1n) is 24.4. The standard InChI is InChI=1S/C20H22Br2N2O2.C15H14Br2N2.C13H8Br2.C12H7Br2NO2/c1-20(2,3)26-19(25)23-9-4-10-24-17-11-13(21)5-7-15(17)16-8-6-14(22)12-18(16)24;16-10-2-4-12-13-5-3-11(17)9-15(13)19(7-1-6-18)14(12)8-10;14-10-1-3-12-8(6-10)5-9-7-11(15)2-4-13(9)12;13-9-3-1-8(2-4-9)11-6-5-10(14)7-12(11)15(16)17/h5-8,11-12H,4,9-10H2,1-3H3,(H,23,25);2-5,8-9H,1,6-7,18H2;1-4,6-7H,5H2;1-7H. The van der Waals surface area contributed by atoms with E-state index in [1.807, 2.05) is 45.0 Å². The van der Waals surface area contributed by atoms with Crippen molar-refractivity contribution in [1.29, 1.82) is 0 Å². The number of nitro groups is 1. The maximum absolute atomic E-state index is 11.8. The highest BCUT2D eigenvalue weighted by atomic mass is 79.9. The van der Waals surface area contributed by atoms with Gasteiger partial charge in [0.25, 0.3) is 5.69 Å². The zero-order valence-electron chi connectivity index (χ0n) is 42.0. The molecule has 0 radical (unpaired) electrons. The van der Waals surface area contributed by atoms with E-state index in [9.17, 15) is 14.9 Å². The quantitative estimate of drug-likeness (QED) is 0.0848. The molecule has 2 aromatic heterocycles. The van der Waals surface area contributed by atoms with Gasteiger partial charge in [-0.1, -0.05) is 176 Å². The van der Waals surface area contributed by atoms with Gasteiger partial charge in [-0.05, 0) is 171 Å². The molecule has 0 atom stereocenters. The van der Waals surface area contributed by atoms with Gasteiger partial charge in [-0.15, -0.1) is 0 Å². The molecule has 0 bridgehead atoms. The predicted molar refractivity (Wildman–Crippen MR) is 346 cm³/mol. The Hall–Kier alpha value is -4.17. The Morgan fingerprint density at radius 3 is 1.30 bits per heavy atom. The largest absolute Gasteiger partial charge is 0.444 e. The van der Waals surface area contributed by atoms with E-state index < -0.39 is 5.60 Å². The molecule has 1 aliphatic carbocycles. The summed E-state index contributed by atoms with van der Waals surface area (Å²) in [5.74, 6) is 0. The van der Waals surface area contributed by atoms with Crippen molar-refractivity contribution in [2.75, 3.05) is 13.1 Å². The molecule has 0 unspecified atom stereocenters. The van der Waals surface area contributed by atoms with Crippen molar-refractivity contribution in [3.05, 3.63) is 209 Å². The Labute approximate surface area is 514 Å². The second kappa shape index (κ2) is 26.4. The summed E-state index contributed by atoms with van der Waals surface area (Å²) in [6.07, 6.45) is 2.48. The van der Waals surface area contributed by atoms with Crippen LogP contribution >= 0.6 is 127 Å². The Morgan fingerprint density at radius 1 is 0.532 bits per heavy atom. The van der Waals surface area contributed by atoms with Crippen LogP contribution in [0.4, 0.5) is 10.5 Å². The molecule has 1 aliphatic rings. The summed E-state index contributed by atoms with van der Waals surface area (Å²) in [7, 11) is 0. The van der Waals surface area contributed by atoms with Gasteiger partial charge in [0.1, 0.15) is 5.60 Å². The average molecular weight is 1550 g/mol. The fourth-order valence-electron chi connectivity index (χ4n) is 9.23. The van der Waals surface area contributed by atoms with Gasteiger partial charge in [0, 0.05) is 83.0 Å². The van der Waals surface area contributed by atoms with Crippen LogP contribution in [0.5, 0.6) is 0 Å². The van der Waals surface area contributed by atoms with E-state index in [1.54, 1.807) is 12.1 Å². The third kappa shape index (κ3) is 15.0. The van der Waals surface area contributed by atoms with Crippen LogP contribution in [0.1, 0.15) is 44.7 Å². The fourth-order valence-corrected chi connectivity index (χ4v) is 12.1. The Kier molecular flexibility index (Phi) is 20.2. The van der Waals surface area contributed by atoms with Crippen molar-refractivity contribution < 1.29 is 14.5 Å². The summed E-state index contributed by atoms with van der Waals surface area (Å²) in [5.41, 5.74) is 17.2. The minimum absolute atomic E-state index is 0.0988. The number of amides is 1. The first-order valence-corrected chi connectivity index (χ1v) is 30.8. The van der Waals surface area contributed by atoms with Crippen molar-refractivity contribution in [2.24, 2.45) is 5.73 Å². The number of nitrogens with one attached hydrogen (secondary N) is 1. The van der Waals surface area contributed by atoms with Crippen LogP contribution in [0.3, 0.4) is 0 Å². The van der Waals surface area contributed by atoms with Crippen LogP contribution in [0.15, 0.2) is 187 Å². The highest BCUT2D eigenvalue weighted by molar-refractivity contribution is 9.11. The number of ether oxygens (including phenoxy) is 1. The molecular formula is C60H51Br8N5O4. The van der Waals surface area contributed by atoms with E-state index in [4.69, 9.17) is 10.5 Å². The molecule has 0 aliphatic heterocycles. The highest BCUT2D eigenvalue weighted by Gasteiger charge is 2.20. The molecule has 0 fully saturated rings. The third-order valence-corrected chi connectivity index (χ3v) is 16.5. The summed E-state index contributed by atoms with van der Waals surface area (Å²) in [6.45, 7) is 8.62. The molecule has 2 heterocycles. The minimum Gasteiger partial charge on any atom is -0.444 e. The van der Waals surface area contributed by atoms with Crippen LogP contribution < -0.4 is 11.1 Å². The highest BCUT2D eigenvalue weighted by Crippen LogP contribution is 2.40. The molecule has 77 heavy (non-hydrogen) atoms. The summed E-state index contributed by atoms with van der Waals surface area (Å²) >= 11 is 27.9. The first kappa shape index (κ1) is 59.0. The number of nitro benzene ring substituents is 1. The summed E-state index contributed by atoms with van der Waals surface area (Å²) in [4.78, 5) is 22.4. The number of rotatable bonds is 9. The van der Waals surface area contributed by atoms with Crippen molar-refractivity contribution in [2.45, 2.75) is 58.7 Å². The number of nitrogens with zero attached hydrogens (tertiary/aromatic N) is 3. The van der Waals surface area contributed by atoms with Gasteiger partial charge in [0.2, 0.25) is 0 Å². The van der Waals surface area contributed by atoms with E-state index in [0.29, 0.717) is 23.1 Å². The van der Waals surface area contributed by atoms with Gasteiger partial charge < -0.3 is 24.9 Å². The number of alkyl carbamates (subject to hydrolysis) is 1. The SMILES string of the molecule is Brc1ccc2c(c1)Cc1cc(Br)ccc1-2.CC(C)(C)OC(=O)NCCCn1c2cc(Br)ccc2c2ccc(Br)cc21.NCCCn1c2cc(Br)ccc2c2ccc(Br)cc21.O=[N+]([O-])c1cc(Br)ccc1-c1ccc(Br)cc1. The second-order valence-corrected chi connectivity index (χ2v) is 26.4. The summed E-state index contributed by atoms with van der Waals surface area (Å²) in [5, 5.41) is 18.9. The summed E-state index contributed by atoms with van der Waals surface area (Å²) in [6, 6.07) is 51.1. The van der Waals surface area contributed by atoms with Crippen LogP contribution in [0, 0.1) is 10.1 Å². The number of aromatic nitrogens is 2. The zero-order chi connectivity index (χ0) is 55.1. The van der Waals surface area contributed by atoms with Crippen molar-refractivity contribution >= 4 is 183 Å². The van der Waals surface area contributed by atoms with Crippen molar-refractivity contribution in [1.82, 2.24) is 14.5 Å². The van der Waals surface area contributed by atoms with Crippen molar-refractivity contribution in [3.63, 3.8) is 0 Å². The minimum atomic E-state index is -0.477. The monoisotopic (exact) mass is 1540 g/mol.